The summed E-state index contributed by atoms with van der Waals surface area (Å²) >= 11 is 0. The molecule has 3 atom stereocenters. The van der Waals surface area contributed by atoms with E-state index in [0.717, 1.165) is 0 Å². The highest BCUT2D eigenvalue weighted by molar-refractivity contribution is 6.12. The van der Waals surface area contributed by atoms with Crippen molar-refractivity contribution in [1.29, 1.82) is 0 Å². The molecule has 2 aliphatic rings. The number of rotatable bonds is 7. The van der Waals surface area contributed by atoms with Crippen LogP contribution in [-0.2, 0) is 28.6 Å². The molecule has 0 unspecified atom stereocenters. The van der Waals surface area contributed by atoms with Crippen molar-refractivity contribution in [3.8, 4) is 5.75 Å². The summed E-state index contributed by atoms with van der Waals surface area (Å²) in [6.07, 6.45) is 0.458. The van der Waals surface area contributed by atoms with Gasteiger partial charge in [0.1, 0.15) is 18.3 Å². The van der Waals surface area contributed by atoms with Crippen LogP contribution in [0.25, 0.3) is 0 Å². The average Bonchev–Trinajstić information content (AvgIpc) is 2.76. The van der Waals surface area contributed by atoms with Gasteiger partial charge in [-0.15, -0.1) is 0 Å². The Morgan fingerprint density at radius 1 is 1.19 bits per heavy atom. The maximum atomic E-state index is 13.6. The number of hydrogen-bond donors (Lipinski definition) is 2. The van der Waals surface area contributed by atoms with Gasteiger partial charge in [-0.2, -0.15) is 0 Å². The van der Waals surface area contributed by atoms with E-state index in [2.05, 4.69) is 5.32 Å². The number of dihydropyridines is 1. The summed E-state index contributed by atoms with van der Waals surface area (Å²) in [5.41, 5.74) is 2.55. The fourth-order valence-electron chi connectivity index (χ4n) is 4.37. The predicted molar refractivity (Wildman–Crippen MR) is 115 cm³/mol. The molecule has 0 aromatic heterocycles. The molecule has 0 bridgehead atoms. The molecule has 1 aliphatic heterocycles. The SMILES string of the molecule is CCOCCOC(=O)C1=C(C)NC2=C(C(=O)[C@@H](C(=O)OC)[C@@H](C)C2)[C@@H]1c1ccc(O)cc1. The van der Waals surface area contributed by atoms with E-state index in [0.29, 0.717) is 35.6 Å². The van der Waals surface area contributed by atoms with Gasteiger partial charge in [-0.25, -0.2) is 4.79 Å². The molecule has 2 N–H and O–H groups in total. The fourth-order valence-corrected chi connectivity index (χ4v) is 4.37. The second kappa shape index (κ2) is 9.99. The Morgan fingerprint density at radius 3 is 2.50 bits per heavy atom. The Balaban J connectivity index is 2.06. The second-order valence-corrected chi connectivity index (χ2v) is 7.96. The van der Waals surface area contributed by atoms with Crippen molar-refractivity contribution in [3.63, 3.8) is 0 Å². The van der Waals surface area contributed by atoms with Gasteiger partial charge in [-0.3, -0.25) is 9.59 Å². The van der Waals surface area contributed by atoms with Crippen LogP contribution in [0.15, 0.2) is 46.8 Å². The molecule has 1 aromatic carbocycles. The lowest BCUT2D eigenvalue weighted by molar-refractivity contribution is -0.151. The zero-order valence-corrected chi connectivity index (χ0v) is 18.8. The van der Waals surface area contributed by atoms with Gasteiger partial charge in [0.2, 0.25) is 0 Å². The third-order valence-corrected chi connectivity index (χ3v) is 5.85. The first kappa shape index (κ1) is 23.5. The molecule has 1 heterocycles. The van der Waals surface area contributed by atoms with Crippen LogP contribution in [0.3, 0.4) is 0 Å². The molecular formula is C24H29NO7. The Morgan fingerprint density at radius 2 is 1.88 bits per heavy atom. The lowest BCUT2D eigenvalue weighted by Crippen LogP contribution is -2.43. The summed E-state index contributed by atoms with van der Waals surface area (Å²) in [5, 5.41) is 12.9. The Labute approximate surface area is 187 Å². The number of ketones is 1. The highest BCUT2D eigenvalue weighted by Crippen LogP contribution is 2.45. The maximum absolute atomic E-state index is 13.6. The van der Waals surface area contributed by atoms with Crippen molar-refractivity contribution < 1.29 is 33.7 Å². The molecule has 172 valence electrons. The Kier molecular flexibility index (Phi) is 7.35. The number of phenols is 1. The van der Waals surface area contributed by atoms with Crippen LogP contribution < -0.4 is 5.32 Å². The van der Waals surface area contributed by atoms with Gasteiger partial charge >= 0.3 is 11.9 Å². The van der Waals surface area contributed by atoms with Crippen LogP contribution in [0.1, 0.15) is 38.7 Å². The lowest BCUT2D eigenvalue weighted by Gasteiger charge is -2.38. The van der Waals surface area contributed by atoms with Crippen LogP contribution in [0.5, 0.6) is 5.75 Å². The van der Waals surface area contributed by atoms with Gasteiger partial charge in [-0.1, -0.05) is 19.1 Å². The number of carbonyl (C=O) groups excluding carboxylic acids is 3. The number of ether oxygens (including phenoxy) is 3. The van der Waals surface area contributed by atoms with Crippen molar-refractivity contribution in [2.75, 3.05) is 26.9 Å². The monoisotopic (exact) mass is 443 g/mol. The van der Waals surface area contributed by atoms with Gasteiger partial charge in [-0.05, 0) is 43.9 Å². The van der Waals surface area contributed by atoms with E-state index < -0.39 is 23.8 Å². The predicted octanol–water partition coefficient (Wildman–Crippen LogP) is 2.58. The van der Waals surface area contributed by atoms with Crippen molar-refractivity contribution in [2.24, 2.45) is 11.8 Å². The lowest BCUT2D eigenvalue weighted by atomic mass is 9.69. The minimum atomic E-state index is -0.950. The highest BCUT2D eigenvalue weighted by atomic mass is 16.6. The zero-order valence-electron chi connectivity index (χ0n) is 18.8. The van der Waals surface area contributed by atoms with E-state index in [9.17, 15) is 19.5 Å². The van der Waals surface area contributed by atoms with Crippen molar-refractivity contribution >= 4 is 17.7 Å². The van der Waals surface area contributed by atoms with E-state index in [4.69, 9.17) is 14.2 Å². The minimum Gasteiger partial charge on any atom is -0.508 e. The van der Waals surface area contributed by atoms with E-state index in [1.165, 1.54) is 19.2 Å². The third-order valence-electron chi connectivity index (χ3n) is 5.85. The largest absolute Gasteiger partial charge is 0.508 e. The summed E-state index contributed by atoms with van der Waals surface area (Å²) in [4.78, 5) is 39.0. The maximum Gasteiger partial charge on any atom is 0.336 e. The minimum absolute atomic E-state index is 0.0643. The summed E-state index contributed by atoms with van der Waals surface area (Å²) in [7, 11) is 1.26. The van der Waals surface area contributed by atoms with Gasteiger partial charge in [0.25, 0.3) is 0 Å². The average molecular weight is 443 g/mol. The van der Waals surface area contributed by atoms with Crippen LogP contribution in [0.2, 0.25) is 0 Å². The summed E-state index contributed by atoms with van der Waals surface area (Å²) < 4.78 is 15.5. The van der Waals surface area contributed by atoms with E-state index in [1.807, 2.05) is 13.8 Å². The molecule has 0 fully saturated rings. The first-order chi connectivity index (χ1) is 15.3. The van der Waals surface area contributed by atoms with Crippen LogP contribution >= 0.6 is 0 Å². The molecule has 0 spiro atoms. The van der Waals surface area contributed by atoms with Crippen molar-refractivity contribution in [3.05, 3.63) is 52.4 Å². The number of aromatic hydroxyl groups is 1. The quantitative estimate of drug-likeness (QED) is 0.376. The molecule has 8 nitrogen and oxygen atoms in total. The molecule has 0 saturated carbocycles. The number of carbonyl (C=O) groups is 3. The van der Waals surface area contributed by atoms with Crippen molar-refractivity contribution in [1.82, 2.24) is 5.32 Å². The van der Waals surface area contributed by atoms with Gasteiger partial charge in [0.15, 0.2) is 5.78 Å². The molecule has 0 radical (unpaired) electrons. The van der Waals surface area contributed by atoms with Crippen LogP contribution in [0, 0.1) is 11.8 Å². The standard InChI is InChI=1S/C24H29NO7/c1-5-31-10-11-32-24(29)19-14(3)25-17-12-13(2)18(23(28)30-4)22(27)21(17)20(19)15-6-8-16(26)9-7-15/h6-9,13,18,20,25-26H,5,10-12H2,1-4H3/t13-,18-,20+/m0/s1. The topological polar surface area (TPSA) is 111 Å². The van der Waals surface area contributed by atoms with Crippen molar-refractivity contribution in [2.45, 2.75) is 33.1 Å². The van der Waals surface area contributed by atoms with Gasteiger partial charge in [0.05, 0.1) is 19.3 Å². The van der Waals surface area contributed by atoms with Crippen LogP contribution in [-0.4, -0.2) is 49.8 Å². The van der Waals surface area contributed by atoms with Gasteiger partial charge < -0.3 is 24.6 Å². The number of Topliss-reactive ketones (excluding diaryl/α,β-unsaturated/α-hetero) is 1. The summed E-state index contributed by atoms with van der Waals surface area (Å²) in [6.45, 7) is 6.29. The molecule has 3 rings (SSSR count). The van der Waals surface area contributed by atoms with E-state index in [-0.39, 0.29) is 36.2 Å². The number of methoxy groups -OCH3 is 1. The first-order valence-corrected chi connectivity index (χ1v) is 10.7. The molecule has 32 heavy (non-hydrogen) atoms. The van der Waals surface area contributed by atoms with E-state index in [1.54, 1.807) is 19.1 Å². The number of benzene rings is 1. The highest BCUT2D eigenvalue weighted by Gasteiger charge is 2.47. The Bertz CT molecular complexity index is 961. The van der Waals surface area contributed by atoms with Crippen LogP contribution in [0.4, 0.5) is 0 Å². The third kappa shape index (κ3) is 4.55. The fraction of sp³-hybridized carbons (Fsp3) is 0.458. The first-order valence-electron chi connectivity index (χ1n) is 10.7. The van der Waals surface area contributed by atoms with E-state index >= 15 is 0 Å². The number of hydrogen-bond acceptors (Lipinski definition) is 8. The smallest absolute Gasteiger partial charge is 0.336 e. The molecule has 0 saturated heterocycles. The molecular weight excluding hydrogens is 414 g/mol. The number of allylic oxidation sites excluding steroid dienone is 3. The summed E-state index contributed by atoms with van der Waals surface area (Å²) in [5.74, 6) is -3.41. The molecule has 1 aliphatic carbocycles. The molecule has 0 amide bonds. The number of phenolic OH excluding ortho intramolecular Hbond substituents is 1. The Hall–Kier alpha value is -3.13. The number of esters is 2. The normalized spacial score (nSPS) is 22.9. The number of nitrogens with one attached hydrogen (secondary N) is 1. The molecule has 1 aromatic rings. The molecule has 8 heteroatoms. The second-order valence-electron chi connectivity index (χ2n) is 7.96. The zero-order chi connectivity index (χ0) is 23.4. The summed E-state index contributed by atoms with van der Waals surface area (Å²) in [6, 6.07) is 6.32. The van der Waals surface area contributed by atoms with Gasteiger partial charge in [0, 0.05) is 29.5 Å².